The van der Waals surface area contributed by atoms with E-state index in [0.29, 0.717) is 0 Å². The molecule has 10 nitrogen and oxygen atoms in total. The molecule has 1 aromatic rings. The number of nitrogens with zero attached hydrogens (tertiary/aromatic N) is 2. The Kier molecular flexibility index (Phi) is 5.27. The van der Waals surface area contributed by atoms with Crippen LogP contribution in [0.2, 0.25) is 0 Å². The molecule has 1 aromatic carbocycles. The van der Waals surface area contributed by atoms with Crippen LogP contribution in [0.4, 0.5) is 4.79 Å². The molecule has 144 valence electrons. The number of amides is 5. The third-order valence-electron chi connectivity index (χ3n) is 3.76. The average Bonchev–Trinajstić information content (AvgIpc) is 2.86. The van der Waals surface area contributed by atoms with Crippen LogP contribution in [0.1, 0.15) is 54.3 Å². The summed E-state index contributed by atoms with van der Waals surface area (Å²) in [6.07, 6.45) is -1.51. The van der Waals surface area contributed by atoms with Crippen LogP contribution in [0.3, 0.4) is 0 Å². The fourth-order valence-electron chi connectivity index (χ4n) is 2.38. The first kappa shape index (κ1) is 20.4. The minimum Gasteiger partial charge on any atom is -0.442 e. The third-order valence-corrected chi connectivity index (χ3v) is 3.76. The van der Waals surface area contributed by atoms with E-state index in [4.69, 9.17) is 10.6 Å². The van der Waals surface area contributed by atoms with Gasteiger partial charge in [0.25, 0.3) is 5.91 Å². The van der Waals surface area contributed by atoms with E-state index in [1.165, 1.54) is 12.1 Å². The highest BCUT2D eigenvalue weighted by Gasteiger charge is 2.56. The van der Waals surface area contributed by atoms with Crippen molar-refractivity contribution in [2.24, 2.45) is 5.84 Å². The number of hydrogen-bond acceptors (Lipinski definition) is 8. The molecule has 5 amide bonds. The molecule has 2 rings (SSSR count). The molecule has 3 N–H and O–H groups in total. The standard InChI is InChI=1S/C17H20N3O7/c1-17(2,3)27-16(25)19(18)14(23)10-4-6-11(7-5-10)15(24)20(26)12(21)8-9-13(20)22/h4-7,26H,8-9,18H2,1-3H3/q+1. The normalized spacial score (nSPS) is 16.2. The molecule has 1 aliphatic rings. The second-order valence-electron chi connectivity index (χ2n) is 6.96. The Morgan fingerprint density at radius 2 is 1.48 bits per heavy atom. The van der Waals surface area contributed by atoms with E-state index in [-0.39, 0.29) is 29.0 Å². The van der Waals surface area contributed by atoms with Gasteiger partial charge in [0.15, 0.2) is 0 Å². The lowest BCUT2D eigenvalue weighted by Gasteiger charge is -2.23. The monoisotopic (exact) mass is 378 g/mol. The Morgan fingerprint density at radius 3 is 1.93 bits per heavy atom. The number of hydrogen-bond donors (Lipinski definition) is 2. The lowest BCUT2D eigenvalue weighted by atomic mass is 10.1. The first-order chi connectivity index (χ1) is 12.4. The van der Waals surface area contributed by atoms with Gasteiger partial charge in [-0.05, 0) is 45.0 Å². The maximum Gasteiger partial charge on any atom is 0.432 e. The Labute approximate surface area is 154 Å². The van der Waals surface area contributed by atoms with Gasteiger partial charge in [-0.3, -0.25) is 4.79 Å². The molecule has 0 saturated carbocycles. The van der Waals surface area contributed by atoms with Crippen molar-refractivity contribution in [3.8, 4) is 0 Å². The zero-order chi connectivity index (χ0) is 20.6. The van der Waals surface area contributed by atoms with Crippen molar-refractivity contribution in [3.63, 3.8) is 0 Å². The van der Waals surface area contributed by atoms with Gasteiger partial charge in [0.05, 0.1) is 18.4 Å². The summed E-state index contributed by atoms with van der Waals surface area (Å²) in [4.78, 5) is 59.9. The molecule has 1 saturated heterocycles. The van der Waals surface area contributed by atoms with E-state index in [2.05, 4.69) is 0 Å². The van der Waals surface area contributed by atoms with Gasteiger partial charge in [-0.15, -0.1) is 0 Å². The molecule has 0 bridgehead atoms. The van der Waals surface area contributed by atoms with Crippen LogP contribution in [0.5, 0.6) is 0 Å². The molecule has 1 fully saturated rings. The molecule has 0 unspecified atom stereocenters. The molecule has 0 radical (unpaired) electrons. The van der Waals surface area contributed by atoms with Crippen molar-refractivity contribution in [3.05, 3.63) is 35.4 Å². The van der Waals surface area contributed by atoms with Gasteiger partial charge in [-0.2, -0.15) is 10.2 Å². The topological polar surface area (TPSA) is 144 Å². The molecular weight excluding hydrogens is 358 g/mol. The fraction of sp³-hybridized carbons (Fsp3) is 0.353. The highest BCUT2D eigenvalue weighted by molar-refractivity contribution is 6.07. The summed E-state index contributed by atoms with van der Waals surface area (Å²) in [6.45, 7) is 4.83. The highest BCUT2D eigenvalue weighted by atomic mass is 16.6. The van der Waals surface area contributed by atoms with Crippen molar-refractivity contribution < 1.29 is 38.6 Å². The van der Waals surface area contributed by atoms with Crippen LogP contribution >= 0.6 is 0 Å². The molecule has 1 heterocycles. The average molecular weight is 378 g/mol. The molecular formula is C17H20N3O7+. The molecule has 0 spiro atoms. The first-order valence-electron chi connectivity index (χ1n) is 8.03. The summed E-state index contributed by atoms with van der Waals surface area (Å²) < 4.78 is 3.06. The van der Waals surface area contributed by atoms with E-state index in [1.807, 2.05) is 0 Å². The summed E-state index contributed by atoms with van der Waals surface area (Å²) in [5.74, 6) is 1.64. The van der Waals surface area contributed by atoms with Crippen molar-refractivity contribution in [2.75, 3.05) is 0 Å². The summed E-state index contributed by atoms with van der Waals surface area (Å²) in [5.41, 5.74) is -1.04. The van der Waals surface area contributed by atoms with Gasteiger partial charge in [0.2, 0.25) is 0 Å². The van der Waals surface area contributed by atoms with Crippen LogP contribution in [-0.4, -0.2) is 50.2 Å². The summed E-state index contributed by atoms with van der Waals surface area (Å²) in [6, 6.07) is 4.65. The Morgan fingerprint density at radius 1 is 1.04 bits per heavy atom. The van der Waals surface area contributed by atoms with Crippen LogP contribution in [0.25, 0.3) is 0 Å². The van der Waals surface area contributed by atoms with Gasteiger partial charge in [-0.25, -0.2) is 25.0 Å². The number of carbonyl (C=O) groups is 5. The number of carbonyl (C=O) groups excluding carboxylic acids is 5. The largest absolute Gasteiger partial charge is 0.442 e. The van der Waals surface area contributed by atoms with Crippen molar-refractivity contribution in [1.82, 2.24) is 5.01 Å². The van der Waals surface area contributed by atoms with Crippen LogP contribution in [-0.2, 0) is 14.3 Å². The Hall–Kier alpha value is -2.95. The number of imide groups is 4. The smallest absolute Gasteiger partial charge is 0.432 e. The zero-order valence-electron chi connectivity index (χ0n) is 15.1. The quantitative estimate of drug-likeness (QED) is 0.195. The van der Waals surface area contributed by atoms with Gasteiger partial charge in [0, 0.05) is 10.2 Å². The number of benzene rings is 1. The summed E-state index contributed by atoms with van der Waals surface area (Å²) in [5, 5.41) is 10.4. The predicted molar refractivity (Wildman–Crippen MR) is 88.7 cm³/mol. The van der Waals surface area contributed by atoms with E-state index < -0.39 is 40.0 Å². The molecule has 1 aliphatic heterocycles. The number of hydrazine groups is 1. The van der Waals surface area contributed by atoms with Gasteiger partial charge in [-0.1, -0.05) is 0 Å². The Balaban J connectivity index is 2.18. The summed E-state index contributed by atoms with van der Waals surface area (Å²) >= 11 is 0. The van der Waals surface area contributed by atoms with E-state index in [0.717, 1.165) is 12.1 Å². The fourth-order valence-corrected chi connectivity index (χ4v) is 2.38. The minimum atomic E-state index is -1.92. The maximum absolute atomic E-state index is 12.4. The molecule has 10 heteroatoms. The summed E-state index contributed by atoms with van der Waals surface area (Å²) in [7, 11) is 0. The second kappa shape index (κ2) is 6.99. The minimum absolute atomic E-state index is 0.0385. The lowest BCUT2D eigenvalue weighted by molar-refractivity contribution is -0.900. The third kappa shape index (κ3) is 3.92. The molecule has 0 aliphatic carbocycles. The van der Waals surface area contributed by atoms with E-state index >= 15 is 0 Å². The molecule has 0 aromatic heterocycles. The molecule has 0 atom stereocenters. The molecule has 27 heavy (non-hydrogen) atoms. The lowest BCUT2D eigenvalue weighted by Crippen LogP contribution is -2.54. The van der Waals surface area contributed by atoms with Crippen LogP contribution in [0, 0.1) is 0 Å². The zero-order valence-corrected chi connectivity index (χ0v) is 15.1. The van der Waals surface area contributed by atoms with Crippen molar-refractivity contribution in [1.29, 1.82) is 0 Å². The number of hydroxylamine groups is 3. The number of nitrogens with two attached hydrogens (primary N) is 1. The second-order valence-corrected chi connectivity index (χ2v) is 6.96. The maximum atomic E-state index is 12.4. The number of rotatable bonds is 2. The van der Waals surface area contributed by atoms with Crippen LogP contribution in [0.15, 0.2) is 24.3 Å². The number of ether oxygens (including phenoxy) is 1. The number of quaternary nitrogens is 1. The first-order valence-corrected chi connectivity index (χ1v) is 8.03. The van der Waals surface area contributed by atoms with E-state index in [9.17, 15) is 29.2 Å². The highest BCUT2D eigenvalue weighted by Crippen LogP contribution is 2.24. The van der Waals surface area contributed by atoms with E-state index in [1.54, 1.807) is 20.8 Å². The van der Waals surface area contributed by atoms with Gasteiger partial charge >= 0.3 is 23.8 Å². The predicted octanol–water partition coefficient (Wildman–Crippen LogP) is 1.13. The Bertz CT molecular complexity index is 808. The van der Waals surface area contributed by atoms with Crippen LogP contribution < -0.4 is 5.84 Å². The number of likely N-dealkylation sites (tertiary alicyclic amines) is 1. The van der Waals surface area contributed by atoms with Crippen molar-refractivity contribution in [2.45, 2.75) is 39.2 Å². The van der Waals surface area contributed by atoms with Gasteiger partial charge < -0.3 is 4.74 Å². The SMILES string of the molecule is CC(C)(C)OC(=O)N(N)C(=O)c1ccc(C(=O)[N+]2(O)C(=O)CCC2=O)cc1. The van der Waals surface area contributed by atoms with Crippen molar-refractivity contribution >= 4 is 29.7 Å². The van der Waals surface area contributed by atoms with Gasteiger partial charge in [0.1, 0.15) is 5.60 Å².